The minimum absolute atomic E-state index is 0.0133. The Labute approximate surface area is 248 Å². The summed E-state index contributed by atoms with van der Waals surface area (Å²) in [5.74, 6) is -0.479. The van der Waals surface area contributed by atoms with E-state index < -0.39 is 22.8 Å². The summed E-state index contributed by atoms with van der Waals surface area (Å²) in [6.07, 6.45) is 2.93. The lowest BCUT2D eigenvalue weighted by molar-refractivity contribution is 0.0991. The number of hydrogen-bond donors (Lipinski definition) is 0. The molecule has 9 heteroatoms. The number of aromatic nitrogens is 3. The second kappa shape index (κ2) is 11.8. The zero-order valence-electron chi connectivity index (χ0n) is 24.9. The van der Waals surface area contributed by atoms with Crippen LogP contribution in [0.5, 0.6) is 11.5 Å². The first-order valence-corrected chi connectivity index (χ1v) is 13.9. The van der Waals surface area contributed by atoms with Crippen molar-refractivity contribution in [1.29, 1.82) is 0 Å². The predicted molar refractivity (Wildman–Crippen MR) is 164 cm³/mol. The van der Waals surface area contributed by atoms with Gasteiger partial charge in [-0.25, -0.2) is 13.8 Å². The fraction of sp³-hybridized carbons (Fsp3) is 0.235. The molecule has 3 aromatic heterocycles. The first-order valence-electron chi connectivity index (χ1n) is 13.9. The van der Waals surface area contributed by atoms with E-state index >= 15 is 4.39 Å². The van der Waals surface area contributed by atoms with Crippen molar-refractivity contribution in [1.82, 2.24) is 14.5 Å². The Morgan fingerprint density at radius 2 is 1.72 bits per heavy atom. The molecule has 2 aromatic carbocycles. The zero-order chi connectivity index (χ0) is 31.0. The molecule has 0 fully saturated rings. The summed E-state index contributed by atoms with van der Waals surface area (Å²) in [6.45, 7) is 7.62. The molecule has 0 saturated carbocycles. The lowest BCUT2D eigenvalue weighted by Gasteiger charge is -2.20. The number of anilines is 1. The maximum Gasteiger partial charge on any atom is 0.200 e. The molecule has 0 aliphatic heterocycles. The molecular formula is C34H32F2N4O3. The van der Waals surface area contributed by atoms with Gasteiger partial charge in [-0.1, -0.05) is 18.2 Å². The highest BCUT2D eigenvalue weighted by Crippen LogP contribution is 2.32. The van der Waals surface area contributed by atoms with Crippen LogP contribution in [0.1, 0.15) is 47.1 Å². The summed E-state index contributed by atoms with van der Waals surface area (Å²) in [7, 11) is 3.77. The van der Waals surface area contributed by atoms with Crippen molar-refractivity contribution >= 4 is 22.6 Å². The number of aryl methyl sites for hydroxylation is 1. The van der Waals surface area contributed by atoms with Crippen molar-refractivity contribution < 1.29 is 18.3 Å². The van der Waals surface area contributed by atoms with E-state index in [0.717, 1.165) is 11.4 Å². The second-order valence-corrected chi connectivity index (χ2v) is 11.0. The molecule has 0 unspecified atom stereocenters. The highest BCUT2D eigenvalue weighted by molar-refractivity contribution is 5.98. The number of halogens is 2. The SMILES string of the molecule is Cc1cc2nccc(Oc3ccc(CC(=O)c4cn(C(C)C)c(C)c(-c5ccc(F)cc5)c4=O)cc3F)c2nc1N(C)C. The zero-order valence-corrected chi connectivity index (χ0v) is 24.9. The van der Waals surface area contributed by atoms with Crippen molar-refractivity contribution in [3.8, 4) is 22.6 Å². The maximum atomic E-state index is 15.3. The van der Waals surface area contributed by atoms with Gasteiger partial charge in [-0.05, 0) is 74.7 Å². The molecular weight excluding hydrogens is 550 g/mol. The molecule has 0 spiro atoms. The Hall–Kier alpha value is -4.92. The highest BCUT2D eigenvalue weighted by Gasteiger charge is 2.21. The molecule has 0 saturated heterocycles. The van der Waals surface area contributed by atoms with Gasteiger partial charge in [-0.3, -0.25) is 14.6 Å². The van der Waals surface area contributed by atoms with Gasteiger partial charge in [0.2, 0.25) is 0 Å². The molecule has 0 N–H and O–H groups in total. The number of rotatable bonds is 8. The number of Topliss-reactive ketones (excluding diaryl/α,β-unsaturated/α-hetero) is 1. The average Bonchev–Trinajstić information content (AvgIpc) is 2.95. The van der Waals surface area contributed by atoms with E-state index in [4.69, 9.17) is 4.74 Å². The van der Waals surface area contributed by atoms with Gasteiger partial charge in [0.1, 0.15) is 17.2 Å². The Morgan fingerprint density at radius 1 is 1.00 bits per heavy atom. The fourth-order valence-electron chi connectivity index (χ4n) is 5.22. The average molecular weight is 583 g/mol. The van der Waals surface area contributed by atoms with Gasteiger partial charge in [0, 0.05) is 56.3 Å². The van der Waals surface area contributed by atoms with Gasteiger partial charge in [0.05, 0.1) is 11.1 Å². The molecule has 5 rings (SSSR count). The van der Waals surface area contributed by atoms with Crippen LogP contribution in [0.3, 0.4) is 0 Å². The monoisotopic (exact) mass is 582 g/mol. The van der Waals surface area contributed by atoms with Gasteiger partial charge < -0.3 is 14.2 Å². The van der Waals surface area contributed by atoms with Crippen molar-refractivity contribution in [3.63, 3.8) is 0 Å². The van der Waals surface area contributed by atoms with Gasteiger partial charge in [-0.2, -0.15) is 0 Å². The lowest BCUT2D eigenvalue weighted by Crippen LogP contribution is -2.24. The van der Waals surface area contributed by atoms with Crippen molar-refractivity contribution in [2.75, 3.05) is 19.0 Å². The third-order valence-electron chi connectivity index (χ3n) is 7.32. The summed E-state index contributed by atoms with van der Waals surface area (Å²) in [5, 5.41) is 0. The van der Waals surface area contributed by atoms with Crippen LogP contribution in [0.2, 0.25) is 0 Å². The lowest BCUT2D eigenvalue weighted by atomic mass is 9.97. The molecule has 220 valence electrons. The largest absolute Gasteiger partial charge is 0.452 e. The molecule has 0 atom stereocenters. The number of ether oxygens (including phenoxy) is 1. The number of carbonyl (C=O) groups is 1. The van der Waals surface area contributed by atoms with E-state index in [1.54, 1.807) is 31.5 Å². The molecule has 0 amide bonds. The molecule has 7 nitrogen and oxygen atoms in total. The van der Waals surface area contributed by atoms with Crippen LogP contribution in [0.4, 0.5) is 14.6 Å². The van der Waals surface area contributed by atoms with Crippen molar-refractivity contribution in [2.24, 2.45) is 0 Å². The summed E-state index contributed by atoms with van der Waals surface area (Å²) in [4.78, 5) is 37.9. The number of ketones is 1. The quantitative estimate of drug-likeness (QED) is 0.180. The van der Waals surface area contributed by atoms with Crippen LogP contribution >= 0.6 is 0 Å². The number of hydrogen-bond acceptors (Lipinski definition) is 6. The van der Waals surface area contributed by atoms with E-state index in [1.165, 1.54) is 36.4 Å². The number of benzene rings is 2. The van der Waals surface area contributed by atoms with E-state index in [1.807, 2.05) is 50.4 Å². The van der Waals surface area contributed by atoms with E-state index in [2.05, 4.69) is 9.97 Å². The van der Waals surface area contributed by atoms with E-state index in [-0.39, 0.29) is 23.8 Å². The first kappa shape index (κ1) is 29.6. The Bertz CT molecular complexity index is 1910. The third kappa shape index (κ3) is 5.88. The van der Waals surface area contributed by atoms with Gasteiger partial charge in [0.15, 0.2) is 28.5 Å². The summed E-state index contributed by atoms with van der Waals surface area (Å²) < 4.78 is 36.7. The molecule has 0 aliphatic carbocycles. The Balaban J connectivity index is 1.45. The minimum atomic E-state index is -0.661. The predicted octanol–water partition coefficient (Wildman–Crippen LogP) is 7.22. The van der Waals surface area contributed by atoms with Gasteiger partial charge in [-0.15, -0.1) is 0 Å². The molecule has 5 aromatic rings. The van der Waals surface area contributed by atoms with Crippen LogP contribution in [-0.2, 0) is 6.42 Å². The number of carbonyl (C=O) groups excluding carboxylic acids is 1. The van der Waals surface area contributed by atoms with Crippen LogP contribution in [-0.4, -0.2) is 34.4 Å². The number of pyridine rings is 3. The van der Waals surface area contributed by atoms with Crippen LogP contribution in [0, 0.1) is 25.5 Å². The maximum absolute atomic E-state index is 15.3. The standard InChI is InChI=1S/C34H32F2N4O3/c1-19(2)40-18-25(33(42)31(21(40)4)23-8-10-24(35)11-9-23)28(41)17-22-7-12-29(26(36)16-22)43-30-13-14-37-27-15-20(3)34(39(5)6)38-32(27)30/h7-16,18-19H,17H2,1-6H3. The number of fused-ring (bicyclic) bond motifs is 1. The molecule has 0 aliphatic rings. The van der Waals surface area contributed by atoms with Crippen LogP contribution in [0.25, 0.3) is 22.2 Å². The Kier molecular flexibility index (Phi) is 8.08. The summed E-state index contributed by atoms with van der Waals surface area (Å²) in [5.41, 5.74) is 3.50. The number of nitrogens with zero attached hydrogens (tertiary/aromatic N) is 4. The molecule has 0 bridgehead atoms. The second-order valence-electron chi connectivity index (χ2n) is 11.0. The fourth-order valence-corrected chi connectivity index (χ4v) is 5.22. The summed E-state index contributed by atoms with van der Waals surface area (Å²) in [6, 6.07) is 13.4. The van der Waals surface area contributed by atoms with Crippen molar-refractivity contribution in [3.05, 3.63) is 111 Å². The minimum Gasteiger partial charge on any atom is -0.452 e. The smallest absolute Gasteiger partial charge is 0.200 e. The van der Waals surface area contributed by atoms with Crippen LogP contribution < -0.4 is 15.1 Å². The molecule has 43 heavy (non-hydrogen) atoms. The topological polar surface area (TPSA) is 77.3 Å². The summed E-state index contributed by atoms with van der Waals surface area (Å²) >= 11 is 0. The highest BCUT2D eigenvalue weighted by atomic mass is 19.1. The van der Waals surface area contributed by atoms with E-state index in [0.29, 0.717) is 39.2 Å². The van der Waals surface area contributed by atoms with E-state index in [9.17, 15) is 14.0 Å². The normalized spacial score (nSPS) is 11.3. The first-order chi connectivity index (χ1) is 20.4. The van der Waals surface area contributed by atoms with Crippen molar-refractivity contribution in [2.45, 2.75) is 40.2 Å². The van der Waals surface area contributed by atoms with Gasteiger partial charge in [0.25, 0.3) is 0 Å². The molecule has 3 heterocycles. The van der Waals surface area contributed by atoms with Gasteiger partial charge >= 0.3 is 0 Å². The Morgan fingerprint density at radius 3 is 2.37 bits per heavy atom. The van der Waals surface area contributed by atoms with Crippen LogP contribution in [0.15, 0.2) is 71.8 Å². The molecule has 0 radical (unpaired) electrons. The third-order valence-corrected chi connectivity index (χ3v) is 7.32.